The lowest BCUT2D eigenvalue weighted by Gasteiger charge is -2.34. The Balaban J connectivity index is 2.53. The maximum Gasteiger partial charge on any atom is 0.304 e. The van der Waals surface area contributed by atoms with Crippen molar-refractivity contribution in [1.29, 1.82) is 0 Å². The molecule has 0 radical (unpaired) electrons. The van der Waals surface area contributed by atoms with Gasteiger partial charge in [-0.05, 0) is 91.2 Å². The Morgan fingerprint density at radius 1 is 0.906 bits per heavy atom. The zero-order valence-electron chi connectivity index (χ0n) is 20.8. The Hall–Kier alpha value is -2.42. The third-order valence-electron chi connectivity index (χ3n) is 6.15. The van der Waals surface area contributed by atoms with Crippen molar-refractivity contribution in [3.05, 3.63) is 70.9 Å². The first-order chi connectivity index (χ1) is 15.0. The van der Waals surface area contributed by atoms with E-state index in [1.165, 1.54) is 28.4 Å². The van der Waals surface area contributed by atoms with Gasteiger partial charge in [-0.25, -0.2) is 0 Å². The van der Waals surface area contributed by atoms with Crippen LogP contribution in [0.15, 0.2) is 70.9 Å². The molecule has 1 unspecified atom stereocenters. The van der Waals surface area contributed by atoms with Crippen LogP contribution in [0.2, 0.25) is 0 Å². The van der Waals surface area contributed by atoms with Crippen LogP contribution < -0.4 is 0 Å². The van der Waals surface area contributed by atoms with Gasteiger partial charge in [0, 0.05) is 11.8 Å². The van der Waals surface area contributed by atoms with Gasteiger partial charge in [0.2, 0.25) is 0 Å². The van der Waals surface area contributed by atoms with Gasteiger partial charge in [-0.15, -0.1) is 0 Å². The summed E-state index contributed by atoms with van der Waals surface area (Å²) in [6.45, 7) is 14.8. The molecule has 3 heteroatoms. The molecule has 0 bridgehead atoms. The van der Waals surface area contributed by atoms with Gasteiger partial charge >= 0.3 is 5.97 Å². The molecule has 0 saturated carbocycles. The third kappa shape index (κ3) is 10.7. The molecule has 0 aromatic heterocycles. The lowest BCUT2D eigenvalue weighted by molar-refractivity contribution is -0.139. The fraction of sp³-hybridized carbons (Fsp3) is 0.517. The van der Waals surface area contributed by atoms with Crippen LogP contribution in [0.3, 0.4) is 0 Å². The van der Waals surface area contributed by atoms with Gasteiger partial charge in [0.1, 0.15) is 0 Å². The smallest absolute Gasteiger partial charge is 0.304 e. The molecule has 32 heavy (non-hydrogen) atoms. The highest BCUT2D eigenvalue weighted by atomic mass is 16.4. The quantitative estimate of drug-likeness (QED) is 0.296. The van der Waals surface area contributed by atoms with Crippen molar-refractivity contribution in [3.8, 4) is 0 Å². The number of hydrogen-bond donors (Lipinski definition) is 1. The van der Waals surface area contributed by atoms with E-state index in [2.05, 4.69) is 65.5 Å². The van der Waals surface area contributed by atoms with E-state index in [1.54, 1.807) is 6.08 Å². The first-order valence-electron chi connectivity index (χ1n) is 11.8. The lowest BCUT2D eigenvalue weighted by Crippen LogP contribution is -2.30. The Morgan fingerprint density at radius 3 is 1.91 bits per heavy atom. The minimum absolute atomic E-state index is 0.0236. The first-order valence-corrected chi connectivity index (χ1v) is 11.8. The van der Waals surface area contributed by atoms with Gasteiger partial charge in [0.05, 0.1) is 6.42 Å². The molecule has 176 valence electrons. The van der Waals surface area contributed by atoms with Gasteiger partial charge in [0.25, 0.3) is 0 Å². The molecule has 1 aliphatic rings. The van der Waals surface area contributed by atoms with E-state index in [0.29, 0.717) is 6.42 Å². The van der Waals surface area contributed by atoms with Crippen LogP contribution in [0.5, 0.6) is 0 Å². The van der Waals surface area contributed by atoms with Gasteiger partial charge in [-0.1, -0.05) is 59.3 Å². The van der Waals surface area contributed by atoms with Crippen molar-refractivity contribution in [2.75, 3.05) is 0 Å². The summed E-state index contributed by atoms with van der Waals surface area (Å²) >= 11 is 0. The van der Waals surface area contributed by atoms with Crippen molar-refractivity contribution in [2.45, 2.75) is 92.4 Å². The first kappa shape index (κ1) is 27.6. The van der Waals surface area contributed by atoms with E-state index in [1.807, 2.05) is 0 Å². The zero-order valence-corrected chi connectivity index (χ0v) is 20.8. The van der Waals surface area contributed by atoms with Crippen LogP contribution in [0.1, 0.15) is 92.4 Å². The monoisotopic (exact) mass is 438 g/mol. The number of aliphatic carboxylic acids is 1. The van der Waals surface area contributed by atoms with E-state index in [0.717, 1.165) is 44.1 Å². The van der Waals surface area contributed by atoms with Gasteiger partial charge in [-0.2, -0.15) is 0 Å². The molecule has 3 nitrogen and oxygen atoms in total. The number of allylic oxidation sites excluding steroid dienone is 11. The highest BCUT2D eigenvalue weighted by molar-refractivity contribution is 5.93. The summed E-state index contributed by atoms with van der Waals surface area (Å²) in [5, 5.41) is 9.36. The summed E-state index contributed by atoms with van der Waals surface area (Å²) in [5.74, 6) is -0.912. The van der Waals surface area contributed by atoms with Crippen molar-refractivity contribution < 1.29 is 14.7 Å². The van der Waals surface area contributed by atoms with Crippen molar-refractivity contribution in [1.82, 2.24) is 0 Å². The summed E-state index contributed by atoms with van der Waals surface area (Å²) in [6, 6.07) is 0. The second kappa shape index (κ2) is 13.9. The Kier molecular flexibility index (Phi) is 12.0. The molecule has 1 atom stereocenters. The number of carboxylic acids is 1. The standard InChI is InChI=1S/C29H42O3/c1-22(2)10-7-11-23(3)12-8-13-24(4)14-9-15-25(5)18-19-29(21-28(31)32)20-27(30)17-16-26(29)6/h10,12,14,16-18H,6-9,11,13,15,19-21H2,1-5H3,(H,31,32)/b23-12+,24-14+,25-18+. The minimum Gasteiger partial charge on any atom is -0.481 e. The predicted octanol–water partition coefficient (Wildman–Crippen LogP) is 8.07. The van der Waals surface area contributed by atoms with Crippen LogP contribution in [0, 0.1) is 5.41 Å². The summed E-state index contributed by atoms with van der Waals surface area (Å²) in [7, 11) is 0. The number of carbonyl (C=O) groups is 2. The SMILES string of the molecule is C=C1C=CC(=O)CC1(C/C=C(\C)CC/C=C(\C)CC/C=C(\C)CCC=C(C)C)CC(=O)O. The fourth-order valence-electron chi connectivity index (χ4n) is 3.97. The van der Waals surface area contributed by atoms with Crippen molar-refractivity contribution >= 4 is 11.8 Å². The molecule has 0 fully saturated rings. The fourth-order valence-corrected chi connectivity index (χ4v) is 3.97. The molecular formula is C29H42O3. The second-order valence-electron chi connectivity index (χ2n) is 9.61. The number of carboxylic acid groups (broad SMARTS) is 1. The number of ketones is 1. The molecule has 0 aromatic rings. The molecule has 0 aliphatic heterocycles. The highest BCUT2D eigenvalue weighted by Gasteiger charge is 2.37. The van der Waals surface area contributed by atoms with E-state index >= 15 is 0 Å². The van der Waals surface area contributed by atoms with Gasteiger partial charge in [-0.3, -0.25) is 9.59 Å². The summed E-state index contributed by atoms with van der Waals surface area (Å²) in [4.78, 5) is 23.4. The molecule has 1 N–H and O–H groups in total. The maximum absolute atomic E-state index is 11.9. The molecule has 0 saturated heterocycles. The molecular weight excluding hydrogens is 396 g/mol. The van der Waals surface area contributed by atoms with Crippen LogP contribution in [-0.2, 0) is 9.59 Å². The third-order valence-corrected chi connectivity index (χ3v) is 6.15. The number of hydrogen-bond acceptors (Lipinski definition) is 2. The van der Waals surface area contributed by atoms with E-state index < -0.39 is 11.4 Å². The molecule has 0 aromatic carbocycles. The van der Waals surface area contributed by atoms with Crippen molar-refractivity contribution in [3.63, 3.8) is 0 Å². The van der Waals surface area contributed by atoms with Crippen LogP contribution >= 0.6 is 0 Å². The topological polar surface area (TPSA) is 54.4 Å². The molecule has 0 spiro atoms. The summed E-state index contributed by atoms with van der Waals surface area (Å²) in [5.41, 5.74) is 5.52. The lowest BCUT2D eigenvalue weighted by atomic mass is 9.68. The minimum atomic E-state index is -0.889. The zero-order chi connectivity index (χ0) is 24.1. The van der Waals surface area contributed by atoms with E-state index in [-0.39, 0.29) is 18.6 Å². The molecule has 1 rings (SSSR count). The largest absolute Gasteiger partial charge is 0.481 e. The average molecular weight is 439 g/mol. The van der Waals surface area contributed by atoms with E-state index in [9.17, 15) is 14.7 Å². The average Bonchev–Trinajstić information content (AvgIpc) is 2.68. The molecule has 0 amide bonds. The normalized spacial score (nSPS) is 20.0. The maximum atomic E-state index is 11.9. The van der Waals surface area contributed by atoms with Crippen LogP contribution in [-0.4, -0.2) is 16.9 Å². The van der Waals surface area contributed by atoms with Crippen LogP contribution in [0.25, 0.3) is 0 Å². The Morgan fingerprint density at radius 2 is 1.41 bits per heavy atom. The Bertz CT molecular complexity index is 828. The van der Waals surface area contributed by atoms with Gasteiger partial charge < -0.3 is 5.11 Å². The van der Waals surface area contributed by atoms with Crippen molar-refractivity contribution in [2.24, 2.45) is 5.41 Å². The summed E-state index contributed by atoms with van der Waals surface area (Å²) in [6.07, 6.45) is 19.3. The number of carbonyl (C=O) groups excluding carboxylic acids is 1. The van der Waals surface area contributed by atoms with E-state index in [4.69, 9.17) is 0 Å². The van der Waals surface area contributed by atoms with Gasteiger partial charge in [0.15, 0.2) is 5.78 Å². The molecule has 0 heterocycles. The molecule has 1 aliphatic carbocycles. The predicted molar refractivity (Wildman–Crippen MR) is 136 cm³/mol. The second-order valence-corrected chi connectivity index (χ2v) is 9.61. The number of rotatable bonds is 13. The van der Waals surface area contributed by atoms with Crippen LogP contribution in [0.4, 0.5) is 0 Å². The highest BCUT2D eigenvalue weighted by Crippen LogP contribution is 2.42. The Labute approximate surface area is 195 Å². The summed E-state index contributed by atoms with van der Waals surface area (Å²) < 4.78 is 0.